The quantitative estimate of drug-likeness (QED) is 0.415. The molecule has 0 spiro atoms. The molecule has 0 amide bonds. The van der Waals surface area contributed by atoms with Crippen molar-refractivity contribution < 1.29 is 13.3 Å². The normalized spacial score (nSPS) is 22.2. The Kier molecular flexibility index (Phi) is 6.57. The molecule has 0 radical (unpaired) electrons. The number of quaternary nitrogens is 1. The average molecular weight is 448 g/mol. The first-order valence-electron chi connectivity index (χ1n) is 12.2. The Hall–Kier alpha value is -2.56. The second-order valence-corrected chi connectivity index (χ2v) is 10.1. The molecule has 5 rings (SSSR count). The van der Waals surface area contributed by atoms with Crippen LogP contribution in [-0.2, 0) is 13.1 Å². The maximum atomic E-state index is 13.4. The highest BCUT2D eigenvalue weighted by atomic mass is 19.1. The topological polar surface area (TPSA) is 12.0 Å². The summed E-state index contributed by atoms with van der Waals surface area (Å²) >= 11 is 0. The molecule has 4 heteroatoms. The van der Waals surface area contributed by atoms with Crippen molar-refractivity contribution >= 4 is 0 Å². The van der Waals surface area contributed by atoms with Crippen molar-refractivity contribution in [2.24, 2.45) is 5.92 Å². The van der Waals surface area contributed by atoms with E-state index in [-0.39, 0.29) is 11.6 Å². The molecule has 1 aliphatic heterocycles. The summed E-state index contributed by atoms with van der Waals surface area (Å²) < 4.78 is 27.8. The standard InChI is InChI=1S/C29H33F2N2/c30-26-10-6-23(7-11-26)20-33(21-24-8-12-27(31)13-9-24)16-14-22(15-17-33)19-32-29-18-28(29)25-4-2-1-3-5-25/h1-13,22,28-29,32H,14-21H2/q+1/t28-,29+/m0/s1. The van der Waals surface area contributed by atoms with E-state index in [0.717, 1.165) is 37.2 Å². The molecule has 2 atom stereocenters. The lowest BCUT2D eigenvalue weighted by atomic mass is 9.93. The Labute approximate surface area is 195 Å². The number of hydrogen-bond donors (Lipinski definition) is 1. The van der Waals surface area contributed by atoms with Gasteiger partial charge in [0.05, 0.1) is 13.1 Å². The predicted molar refractivity (Wildman–Crippen MR) is 129 cm³/mol. The third kappa shape index (κ3) is 5.69. The summed E-state index contributed by atoms with van der Waals surface area (Å²) in [6.45, 7) is 5.04. The van der Waals surface area contributed by atoms with Gasteiger partial charge in [-0.3, -0.25) is 0 Å². The van der Waals surface area contributed by atoms with Gasteiger partial charge in [0.1, 0.15) is 24.7 Å². The number of rotatable bonds is 8. The maximum Gasteiger partial charge on any atom is 0.123 e. The van der Waals surface area contributed by atoms with E-state index in [2.05, 4.69) is 35.6 Å². The lowest BCUT2D eigenvalue weighted by Crippen LogP contribution is -2.52. The summed E-state index contributed by atoms with van der Waals surface area (Å²) in [5.41, 5.74) is 3.78. The van der Waals surface area contributed by atoms with E-state index < -0.39 is 0 Å². The fraction of sp³-hybridized carbons (Fsp3) is 0.379. The first-order chi connectivity index (χ1) is 16.1. The van der Waals surface area contributed by atoms with Crippen LogP contribution in [0.1, 0.15) is 41.9 Å². The summed E-state index contributed by atoms with van der Waals surface area (Å²) in [5, 5.41) is 3.82. The third-order valence-electron chi connectivity index (χ3n) is 7.57. The monoisotopic (exact) mass is 447 g/mol. The zero-order valence-electron chi connectivity index (χ0n) is 19.1. The van der Waals surface area contributed by atoms with Crippen LogP contribution < -0.4 is 5.32 Å². The van der Waals surface area contributed by atoms with Gasteiger partial charge in [0.15, 0.2) is 0 Å². The molecule has 1 N–H and O–H groups in total. The van der Waals surface area contributed by atoms with E-state index in [1.807, 2.05) is 24.3 Å². The van der Waals surface area contributed by atoms with Crippen molar-refractivity contribution in [3.8, 4) is 0 Å². The highest BCUT2D eigenvalue weighted by Gasteiger charge is 2.39. The maximum absolute atomic E-state index is 13.4. The van der Waals surface area contributed by atoms with Crippen LogP contribution in [0.15, 0.2) is 78.9 Å². The Morgan fingerprint density at radius 3 is 1.82 bits per heavy atom. The Balaban J connectivity index is 1.20. The minimum Gasteiger partial charge on any atom is -0.316 e. The molecular weight excluding hydrogens is 414 g/mol. The first kappa shape index (κ1) is 22.2. The first-order valence-corrected chi connectivity index (χ1v) is 12.2. The molecule has 0 aromatic heterocycles. The van der Waals surface area contributed by atoms with Gasteiger partial charge in [-0.15, -0.1) is 0 Å². The number of hydrogen-bond acceptors (Lipinski definition) is 1. The molecule has 2 fully saturated rings. The van der Waals surface area contributed by atoms with Gasteiger partial charge in [0.25, 0.3) is 0 Å². The minimum absolute atomic E-state index is 0.192. The molecule has 1 saturated heterocycles. The largest absolute Gasteiger partial charge is 0.316 e. The highest BCUT2D eigenvalue weighted by molar-refractivity contribution is 5.27. The number of halogens is 2. The lowest BCUT2D eigenvalue weighted by Gasteiger charge is -2.44. The molecule has 3 aromatic carbocycles. The molecule has 2 aliphatic rings. The number of benzene rings is 3. The fourth-order valence-corrected chi connectivity index (χ4v) is 5.51. The minimum atomic E-state index is -0.192. The molecule has 33 heavy (non-hydrogen) atoms. The number of likely N-dealkylation sites (tertiary alicyclic amines) is 1. The number of piperidine rings is 1. The SMILES string of the molecule is Fc1ccc(C[N+]2(Cc3ccc(F)cc3)CCC(CN[C@@H]3C[C@H]3c3ccccc3)CC2)cc1. The van der Waals surface area contributed by atoms with Crippen LogP contribution in [0, 0.1) is 17.6 Å². The van der Waals surface area contributed by atoms with Crippen molar-refractivity contribution in [1.82, 2.24) is 5.32 Å². The van der Waals surface area contributed by atoms with Gasteiger partial charge in [-0.1, -0.05) is 54.6 Å². The van der Waals surface area contributed by atoms with E-state index in [0.29, 0.717) is 17.9 Å². The smallest absolute Gasteiger partial charge is 0.123 e. The summed E-state index contributed by atoms with van der Waals surface area (Å²) in [6.07, 6.45) is 3.60. The summed E-state index contributed by atoms with van der Waals surface area (Å²) in [7, 11) is 0. The highest BCUT2D eigenvalue weighted by Crippen LogP contribution is 2.41. The zero-order chi connectivity index (χ0) is 22.7. The van der Waals surface area contributed by atoms with Crippen LogP contribution in [0.2, 0.25) is 0 Å². The van der Waals surface area contributed by atoms with Crippen LogP contribution >= 0.6 is 0 Å². The van der Waals surface area contributed by atoms with Crippen molar-refractivity contribution in [2.45, 2.75) is 44.3 Å². The van der Waals surface area contributed by atoms with Crippen molar-refractivity contribution in [1.29, 1.82) is 0 Å². The van der Waals surface area contributed by atoms with E-state index in [4.69, 9.17) is 0 Å². The molecule has 0 bridgehead atoms. The van der Waals surface area contributed by atoms with Crippen LogP contribution in [-0.4, -0.2) is 30.2 Å². The molecular formula is C29H33F2N2+. The zero-order valence-corrected chi connectivity index (χ0v) is 19.1. The molecule has 0 unspecified atom stereocenters. The Bertz CT molecular complexity index is 976. The van der Waals surface area contributed by atoms with E-state index in [1.165, 1.54) is 36.0 Å². The summed E-state index contributed by atoms with van der Waals surface area (Å²) in [6, 6.07) is 25.3. The summed E-state index contributed by atoms with van der Waals surface area (Å²) in [4.78, 5) is 0. The van der Waals surface area contributed by atoms with Crippen molar-refractivity contribution in [3.63, 3.8) is 0 Å². The van der Waals surface area contributed by atoms with Gasteiger partial charge in [0, 0.05) is 35.9 Å². The van der Waals surface area contributed by atoms with Gasteiger partial charge in [-0.2, -0.15) is 0 Å². The van der Waals surface area contributed by atoms with Crippen LogP contribution in [0.3, 0.4) is 0 Å². The van der Waals surface area contributed by atoms with Gasteiger partial charge in [-0.05, 0) is 48.7 Å². The predicted octanol–water partition coefficient (Wildman–Crippen LogP) is 6.04. The van der Waals surface area contributed by atoms with Gasteiger partial charge < -0.3 is 9.80 Å². The lowest BCUT2D eigenvalue weighted by molar-refractivity contribution is -0.958. The average Bonchev–Trinajstić information content (AvgIpc) is 3.62. The molecule has 1 aliphatic carbocycles. The van der Waals surface area contributed by atoms with E-state index >= 15 is 0 Å². The molecule has 172 valence electrons. The van der Waals surface area contributed by atoms with Gasteiger partial charge in [-0.25, -0.2) is 8.78 Å². The number of nitrogens with one attached hydrogen (secondary N) is 1. The Morgan fingerprint density at radius 1 is 0.727 bits per heavy atom. The van der Waals surface area contributed by atoms with Gasteiger partial charge >= 0.3 is 0 Å². The van der Waals surface area contributed by atoms with Crippen LogP contribution in [0.25, 0.3) is 0 Å². The van der Waals surface area contributed by atoms with Gasteiger partial charge in [0.2, 0.25) is 0 Å². The second-order valence-electron chi connectivity index (χ2n) is 10.1. The summed E-state index contributed by atoms with van der Waals surface area (Å²) in [5.74, 6) is 0.973. The third-order valence-corrected chi connectivity index (χ3v) is 7.57. The molecule has 2 nitrogen and oxygen atoms in total. The van der Waals surface area contributed by atoms with Crippen LogP contribution in [0.5, 0.6) is 0 Å². The fourth-order valence-electron chi connectivity index (χ4n) is 5.51. The van der Waals surface area contributed by atoms with E-state index in [9.17, 15) is 8.78 Å². The second kappa shape index (κ2) is 9.74. The molecule has 1 heterocycles. The van der Waals surface area contributed by atoms with Crippen LogP contribution in [0.4, 0.5) is 8.78 Å². The van der Waals surface area contributed by atoms with E-state index in [1.54, 1.807) is 24.3 Å². The van der Waals surface area contributed by atoms with Crippen molar-refractivity contribution in [3.05, 3.63) is 107 Å². The number of nitrogens with zero attached hydrogens (tertiary/aromatic N) is 1. The Morgan fingerprint density at radius 2 is 1.27 bits per heavy atom. The molecule has 1 saturated carbocycles. The van der Waals surface area contributed by atoms with Crippen molar-refractivity contribution in [2.75, 3.05) is 19.6 Å². The molecule has 3 aromatic rings.